The number of hydrogen-bond acceptors (Lipinski definition) is 8. The van der Waals surface area contributed by atoms with Gasteiger partial charge in [-0.1, -0.05) is 6.07 Å². The van der Waals surface area contributed by atoms with Gasteiger partial charge in [0, 0.05) is 6.07 Å². The van der Waals surface area contributed by atoms with Crippen LogP contribution in [0.25, 0.3) is 0 Å². The molecule has 0 aliphatic carbocycles. The van der Waals surface area contributed by atoms with Crippen molar-refractivity contribution in [1.82, 2.24) is 0 Å². The fourth-order valence-electron chi connectivity index (χ4n) is 2.22. The van der Waals surface area contributed by atoms with Crippen molar-refractivity contribution >= 4 is 20.2 Å². The van der Waals surface area contributed by atoms with Gasteiger partial charge in [0.25, 0.3) is 0 Å². The van der Waals surface area contributed by atoms with E-state index in [-0.39, 0.29) is 68.9 Å². The minimum Gasteiger partial charge on any atom is -0.744 e. The molecule has 0 amide bonds. The molecule has 0 fully saturated rings. The summed E-state index contributed by atoms with van der Waals surface area (Å²) in [6, 6.07) is 16.4. The Morgan fingerprint density at radius 2 is 0.867 bits per heavy atom. The van der Waals surface area contributed by atoms with Gasteiger partial charge in [0.1, 0.15) is 43.2 Å². The maximum absolute atomic E-state index is 10.9. The van der Waals surface area contributed by atoms with Crippen LogP contribution >= 0.6 is 0 Å². The molecular formula is C18H12Na2O8S2. The molecule has 12 heteroatoms. The van der Waals surface area contributed by atoms with Gasteiger partial charge in [0.2, 0.25) is 0 Å². The quantitative estimate of drug-likeness (QED) is 0.279. The van der Waals surface area contributed by atoms with Gasteiger partial charge < -0.3 is 18.6 Å². The summed E-state index contributed by atoms with van der Waals surface area (Å²) in [5.74, 6) is 1.40. The van der Waals surface area contributed by atoms with Crippen LogP contribution in [0.4, 0.5) is 0 Å². The van der Waals surface area contributed by atoms with E-state index < -0.39 is 20.2 Å². The van der Waals surface area contributed by atoms with Crippen molar-refractivity contribution in [3.8, 4) is 23.0 Å². The van der Waals surface area contributed by atoms with Crippen LogP contribution in [0.15, 0.2) is 82.6 Å². The van der Waals surface area contributed by atoms with E-state index in [9.17, 15) is 25.9 Å². The van der Waals surface area contributed by atoms with Crippen LogP contribution < -0.4 is 68.6 Å². The Balaban J connectivity index is 0.00000225. The first kappa shape index (κ1) is 27.1. The molecule has 0 aliphatic heterocycles. The van der Waals surface area contributed by atoms with Crippen molar-refractivity contribution in [2.24, 2.45) is 0 Å². The van der Waals surface area contributed by atoms with Crippen molar-refractivity contribution in [2.45, 2.75) is 9.79 Å². The van der Waals surface area contributed by atoms with Crippen LogP contribution in [0.5, 0.6) is 23.0 Å². The average Bonchev–Trinajstić information content (AvgIpc) is 2.61. The van der Waals surface area contributed by atoms with Crippen molar-refractivity contribution in [3.05, 3.63) is 72.8 Å². The van der Waals surface area contributed by atoms with Crippen LogP contribution in [0.1, 0.15) is 0 Å². The van der Waals surface area contributed by atoms with Crippen molar-refractivity contribution < 1.29 is 94.5 Å². The number of ether oxygens (including phenoxy) is 2. The van der Waals surface area contributed by atoms with E-state index >= 15 is 0 Å². The second-order valence-electron chi connectivity index (χ2n) is 5.53. The van der Waals surface area contributed by atoms with Crippen LogP contribution in [0.2, 0.25) is 0 Å². The molecule has 3 rings (SSSR count). The van der Waals surface area contributed by atoms with Crippen molar-refractivity contribution in [3.63, 3.8) is 0 Å². The Bertz CT molecular complexity index is 1100. The summed E-state index contributed by atoms with van der Waals surface area (Å²) in [5.41, 5.74) is 0. The van der Waals surface area contributed by atoms with E-state index in [2.05, 4.69) is 0 Å². The summed E-state index contributed by atoms with van der Waals surface area (Å²) in [5, 5.41) is 0. The zero-order chi connectivity index (χ0) is 20.4. The number of benzene rings is 3. The second kappa shape index (κ2) is 11.1. The monoisotopic (exact) mass is 466 g/mol. The predicted molar refractivity (Wildman–Crippen MR) is 95.4 cm³/mol. The molecule has 3 aromatic carbocycles. The van der Waals surface area contributed by atoms with E-state index in [1.165, 1.54) is 24.3 Å². The fourth-order valence-corrected chi connectivity index (χ4v) is 3.16. The van der Waals surface area contributed by atoms with Gasteiger partial charge in [-0.05, 0) is 60.7 Å². The summed E-state index contributed by atoms with van der Waals surface area (Å²) in [7, 11) is -9.06. The first-order chi connectivity index (χ1) is 13.1. The molecule has 0 saturated carbocycles. The smallest absolute Gasteiger partial charge is 0.744 e. The maximum Gasteiger partial charge on any atom is 1.00 e. The molecule has 3 aromatic rings. The number of hydrogen-bond donors (Lipinski definition) is 0. The molecular weight excluding hydrogens is 454 g/mol. The van der Waals surface area contributed by atoms with Gasteiger partial charge in [-0.3, -0.25) is 0 Å². The Kier molecular flexibility index (Phi) is 10.0. The third kappa shape index (κ3) is 7.65. The summed E-state index contributed by atoms with van der Waals surface area (Å²) >= 11 is 0. The third-order valence-corrected chi connectivity index (χ3v) is 5.20. The van der Waals surface area contributed by atoms with Crippen LogP contribution in [-0.2, 0) is 20.2 Å². The molecule has 146 valence electrons. The summed E-state index contributed by atoms with van der Waals surface area (Å²) in [6.07, 6.45) is 0. The standard InChI is InChI=1S/C18H14O8S2.2Na/c19-27(20,21)17-8-4-13(5-9-17)25-15-2-1-3-16(12-15)26-14-6-10-18(11-7-14)28(22,23)24;;/h1-12H,(H,19,20,21)(H,22,23,24);;/q;2*+1/p-2. The normalized spacial score (nSPS) is 11.0. The van der Waals surface area contributed by atoms with E-state index in [1.807, 2.05) is 0 Å². The van der Waals surface area contributed by atoms with Crippen LogP contribution in [-0.4, -0.2) is 25.9 Å². The molecule has 0 spiro atoms. The van der Waals surface area contributed by atoms with Crippen molar-refractivity contribution in [1.29, 1.82) is 0 Å². The van der Waals surface area contributed by atoms with Gasteiger partial charge in [0.05, 0.1) is 9.79 Å². The summed E-state index contributed by atoms with van der Waals surface area (Å²) < 4.78 is 76.8. The predicted octanol–water partition coefficient (Wildman–Crippen LogP) is -2.91. The molecule has 0 aromatic heterocycles. The minimum atomic E-state index is -4.53. The summed E-state index contributed by atoms with van der Waals surface area (Å²) in [4.78, 5) is -0.721. The molecule has 0 unspecified atom stereocenters. The first-order valence-corrected chi connectivity index (χ1v) is 10.5. The summed E-state index contributed by atoms with van der Waals surface area (Å²) in [6.45, 7) is 0. The molecule has 0 saturated heterocycles. The van der Waals surface area contributed by atoms with E-state index in [1.54, 1.807) is 24.3 Å². The molecule has 0 radical (unpaired) electrons. The average molecular weight is 466 g/mol. The molecule has 0 aliphatic rings. The van der Waals surface area contributed by atoms with Gasteiger partial charge in [-0.25, -0.2) is 16.8 Å². The molecule has 0 bridgehead atoms. The van der Waals surface area contributed by atoms with Gasteiger partial charge in [-0.2, -0.15) is 0 Å². The Morgan fingerprint density at radius 3 is 1.17 bits per heavy atom. The SMILES string of the molecule is O=S(=O)([O-])c1ccc(Oc2cccc(Oc3ccc(S(=O)(=O)[O-])cc3)c2)cc1.[Na+].[Na+]. The molecule has 0 atom stereocenters. The Hall–Kier alpha value is -0.920. The van der Waals surface area contributed by atoms with E-state index in [4.69, 9.17) is 9.47 Å². The molecule has 8 nitrogen and oxygen atoms in total. The van der Waals surface area contributed by atoms with Crippen LogP contribution in [0.3, 0.4) is 0 Å². The maximum atomic E-state index is 10.9. The fraction of sp³-hybridized carbons (Fsp3) is 0. The molecule has 0 heterocycles. The van der Waals surface area contributed by atoms with E-state index in [0.29, 0.717) is 23.0 Å². The van der Waals surface area contributed by atoms with Crippen molar-refractivity contribution in [2.75, 3.05) is 0 Å². The topological polar surface area (TPSA) is 133 Å². The number of rotatable bonds is 6. The minimum absolute atomic E-state index is 0. The van der Waals surface area contributed by atoms with Gasteiger partial charge in [-0.15, -0.1) is 0 Å². The molecule has 0 N–H and O–H groups in total. The third-order valence-electron chi connectivity index (χ3n) is 3.50. The van der Waals surface area contributed by atoms with Gasteiger partial charge in [0.15, 0.2) is 0 Å². The molecule has 30 heavy (non-hydrogen) atoms. The van der Waals surface area contributed by atoms with Gasteiger partial charge >= 0.3 is 59.1 Å². The Morgan fingerprint density at radius 1 is 0.533 bits per heavy atom. The second-order valence-corrected chi connectivity index (χ2v) is 8.29. The Labute approximate surface area is 218 Å². The van der Waals surface area contributed by atoms with Crippen LogP contribution in [0, 0.1) is 0 Å². The largest absolute Gasteiger partial charge is 1.00 e. The zero-order valence-electron chi connectivity index (χ0n) is 16.0. The zero-order valence-corrected chi connectivity index (χ0v) is 21.6. The van der Waals surface area contributed by atoms with E-state index in [0.717, 1.165) is 24.3 Å². The first-order valence-electron chi connectivity index (χ1n) is 7.69.